The molecule has 1 heterocycles. The Morgan fingerprint density at radius 2 is 1.52 bits per heavy atom. The smallest absolute Gasteiger partial charge is 0.279 e. The molecule has 7 nitrogen and oxygen atoms in total. The zero-order valence-electron chi connectivity index (χ0n) is 15.5. The Balaban J connectivity index is 1.70. The van der Waals surface area contributed by atoms with E-state index in [-0.39, 0.29) is 11.5 Å². The topological polar surface area (TPSA) is 85.9 Å². The molecule has 2 aromatic rings. The van der Waals surface area contributed by atoms with Crippen molar-refractivity contribution in [3.05, 3.63) is 39.1 Å². The van der Waals surface area contributed by atoms with Crippen LogP contribution >= 0.6 is 11.3 Å². The monoisotopic (exact) mass is 390 g/mol. The molecular weight excluding hydrogens is 368 g/mol. The Labute approximate surface area is 161 Å². The van der Waals surface area contributed by atoms with E-state index in [1.165, 1.54) is 55.2 Å². The zero-order chi connectivity index (χ0) is 19.4. The lowest BCUT2D eigenvalue weighted by Crippen LogP contribution is -2.41. The third kappa shape index (κ3) is 4.00. The number of thiophene rings is 1. The summed E-state index contributed by atoms with van der Waals surface area (Å²) in [7, 11) is 4.43. The molecule has 0 atom stereocenters. The minimum atomic E-state index is -0.482. The van der Waals surface area contributed by atoms with Crippen LogP contribution in [0.3, 0.4) is 0 Å². The van der Waals surface area contributed by atoms with E-state index in [1.54, 1.807) is 0 Å². The van der Waals surface area contributed by atoms with Crippen LogP contribution in [0.5, 0.6) is 17.2 Å². The van der Waals surface area contributed by atoms with Crippen molar-refractivity contribution in [3.8, 4) is 17.2 Å². The van der Waals surface area contributed by atoms with Crippen LogP contribution in [-0.4, -0.2) is 33.1 Å². The number of methoxy groups -OCH3 is 3. The van der Waals surface area contributed by atoms with Crippen LogP contribution in [-0.2, 0) is 12.8 Å². The lowest BCUT2D eigenvalue weighted by Gasteiger charge is -2.14. The molecule has 0 spiro atoms. The van der Waals surface area contributed by atoms with Crippen LogP contribution in [0.4, 0.5) is 0 Å². The first-order valence-electron chi connectivity index (χ1n) is 8.59. The van der Waals surface area contributed by atoms with Crippen LogP contribution in [0.25, 0.3) is 0 Å². The van der Waals surface area contributed by atoms with Crippen LogP contribution in [0, 0.1) is 0 Å². The Hall–Kier alpha value is -2.74. The fraction of sp³-hybridized carbons (Fsp3) is 0.368. The highest BCUT2D eigenvalue weighted by Crippen LogP contribution is 2.38. The van der Waals surface area contributed by atoms with Crippen molar-refractivity contribution in [3.63, 3.8) is 0 Å². The highest BCUT2D eigenvalue weighted by molar-refractivity contribution is 7.14. The highest BCUT2D eigenvalue weighted by atomic mass is 32.1. The Bertz CT molecular complexity index is 813. The molecule has 27 heavy (non-hydrogen) atoms. The van der Waals surface area contributed by atoms with E-state index in [0.29, 0.717) is 22.1 Å². The maximum Gasteiger partial charge on any atom is 0.279 e. The van der Waals surface area contributed by atoms with E-state index in [4.69, 9.17) is 14.2 Å². The summed E-state index contributed by atoms with van der Waals surface area (Å²) < 4.78 is 15.7. The zero-order valence-corrected chi connectivity index (χ0v) is 16.3. The summed E-state index contributed by atoms with van der Waals surface area (Å²) in [4.78, 5) is 26.7. The third-order valence-electron chi connectivity index (χ3n) is 4.44. The predicted octanol–water partition coefficient (Wildman–Crippen LogP) is 2.73. The molecule has 0 aliphatic heterocycles. The fourth-order valence-corrected chi connectivity index (χ4v) is 4.21. The van der Waals surface area contributed by atoms with Crippen LogP contribution in [0.2, 0.25) is 0 Å². The molecule has 2 N–H and O–H groups in total. The van der Waals surface area contributed by atoms with Crippen molar-refractivity contribution in [1.29, 1.82) is 0 Å². The molecule has 0 unspecified atom stereocenters. The average Bonchev–Trinajstić information content (AvgIpc) is 3.14. The fourth-order valence-electron chi connectivity index (χ4n) is 3.06. The van der Waals surface area contributed by atoms with Gasteiger partial charge >= 0.3 is 0 Å². The molecule has 0 radical (unpaired) electrons. The largest absolute Gasteiger partial charge is 0.493 e. The van der Waals surface area contributed by atoms with Gasteiger partial charge in [-0.2, -0.15) is 0 Å². The van der Waals surface area contributed by atoms with Gasteiger partial charge in [-0.1, -0.05) is 0 Å². The summed E-state index contributed by atoms with van der Waals surface area (Å²) in [6.07, 6.45) is 4.34. The van der Waals surface area contributed by atoms with Gasteiger partial charge in [0.1, 0.15) is 0 Å². The summed E-state index contributed by atoms with van der Waals surface area (Å²) in [5, 5.41) is 0. The maximum absolute atomic E-state index is 12.4. The van der Waals surface area contributed by atoms with Crippen molar-refractivity contribution < 1.29 is 23.8 Å². The lowest BCUT2D eigenvalue weighted by atomic mass is 9.99. The van der Waals surface area contributed by atoms with Gasteiger partial charge in [-0.15, -0.1) is 11.3 Å². The van der Waals surface area contributed by atoms with Gasteiger partial charge < -0.3 is 14.2 Å². The number of benzene rings is 1. The second-order valence-corrected chi connectivity index (χ2v) is 7.23. The number of nitrogens with one attached hydrogen (secondary N) is 2. The minimum Gasteiger partial charge on any atom is -0.493 e. The number of hydrogen-bond acceptors (Lipinski definition) is 6. The van der Waals surface area contributed by atoms with Gasteiger partial charge in [-0.3, -0.25) is 20.4 Å². The molecule has 1 aliphatic carbocycles. The molecule has 1 aromatic heterocycles. The molecule has 1 aliphatic rings. The van der Waals surface area contributed by atoms with Crippen LogP contribution in [0.15, 0.2) is 18.2 Å². The number of ether oxygens (including phenoxy) is 3. The van der Waals surface area contributed by atoms with Crippen molar-refractivity contribution in [2.24, 2.45) is 0 Å². The summed E-state index contributed by atoms with van der Waals surface area (Å²) in [6, 6.07) is 4.96. The molecular formula is C19H22N2O5S. The molecule has 0 fully saturated rings. The van der Waals surface area contributed by atoms with Crippen molar-refractivity contribution >= 4 is 23.2 Å². The van der Waals surface area contributed by atoms with Crippen LogP contribution < -0.4 is 25.1 Å². The molecule has 3 rings (SSSR count). The van der Waals surface area contributed by atoms with E-state index in [2.05, 4.69) is 10.9 Å². The van der Waals surface area contributed by atoms with E-state index in [9.17, 15) is 9.59 Å². The molecule has 0 saturated carbocycles. The van der Waals surface area contributed by atoms with Crippen molar-refractivity contribution in [2.45, 2.75) is 25.7 Å². The van der Waals surface area contributed by atoms with Crippen LogP contribution in [0.1, 0.15) is 43.3 Å². The minimum absolute atomic E-state index is 0.273. The van der Waals surface area contributed by atoms with Gasteiger partial charge in [0.15, 0.2) is 11.5 Å². The van der Waals surface area contributed by atoms with Gasteiger partial charge in [0.2, 0.25) is 5.75 Å². The predicted molar refractivity (Wildman–Crippen MR) is 102 cm³/mol. The molecule has 1 aromatic carbocycles. The van der Waals surface area contributed by atoms with Gasteiger partial charge in [-0.25, -0.2) is 0 Å². The number of carbonyl (C=O) groups excluding carboxylic acids is 2. The summed E-state index contributed by atoms with van der Waals surface area (Å²) >= 11 is 1.49. The lowest BCUT2D eigenvalue weighted by molar-refractivity contribution is 0.0848. The second kappa shape index (κ2) is 8.30. The van der Waals surface area contributed by atoms with Gasteiger partial charge in [-0.05, 0) is 49.4 Å². The quantitative estimate of drug-likeness (QED) is 0.767. The van der Waals surface area contributed by atoms with E-state index in [0.717, 1.165) is 25.7 Å². The summed E-state index contributed by atoms with van der Waals surface area (Å²) in [5.41, 5.74) is 6.42. The Morgan fingerprint density at radius 3 is 2.11 bits per heavy atom. The van der Waals surface area contributed by atoms with E-state index >= 15 is 0 Å². The van der Waals surface area contributed by atoms with Crippen molar-refractivity contribution in [2.75, 3.05) is 21.3 Å². The number of aryl methyl sites for hydroxylation is 2. The van der Waals surface area contributed by atoms with Crippen molar-refractivity contribution in [1.82, 2.24) is 10.9 Å². The standard InChI is InChI=1S/C19H22N2O5S/c1-24-13-8-12(9-14(25-2)17(13)26-3)18(22)20-21-19(23)16-10-11-6-4-5-7-15(11)27-16/h8-10H,4-7H2,1-3H3,(H,20,22)(H,21,23). The first-order valence-corrected chi connectivity index (χ1v) is 9.41. The number of fused-ring (bicyclic) bond motifs is 1. The van der Waals surface area contributed by atoms with Gasteiger partial charge in [0.25, 0.3) is 11.8 Å². The number of carbonyl (C=O) groups is 2. The van der Waals surface area contributed by atoms with Gasteiger partial charge in [0, 0.05) is 10.4 Å². The number of hydrogen-bond donors (Lipinski definition) is 2. The summed E-state index contributed by atoms with van der Waals surface area (Å²) in [6.45, 7) is 0. The molecule has 2 amide bonds. The SMILES string of the molecule is COc1cc(C(=O)NNC(=O)c2cc3c(s2)CCCC3)cc(OC)c1OC. The first kappa shape index (κ1) is 19.0. The summed E-state index contributed by atoms with van der Waals surface area (Å²) in [5.74, 6) is 0.308. The molecule has 8 heteroatoms. The molecule has 0 bridgehead atoms. The number of amides is 2. The third-order valence-corrected chi connectivity index (χ3v) is 5.67. The second-order valence-electron chi connectivity index (χ2n) is 6.09. The number of hydrazine groups is 1. The highest BCUT2D eigenvalue weighted by Gasteiger charge is 2.19. The number of rotatable bonds is 5. The average molecular weight is 390 g/mol. The normalized spacial score (nSPS) is 12.7. The molecule has 0 saturated heterocycles. The first-order chi connectivity index (χ1) is 13.1. The Morgan fingerprint density at radius 1 is 0.889 bits per heavy atom. The maximum atomic E-state index is 12.4. The van der Waals surface area contributed by atoms with E-state index < -0.39 is 5.91 Å². The van der Waals surface area contributed by atoms with E-state index in [1.807, 2.05) is 6.07 Å². The Kier molecular flexibility index (Phi) is 5.85. The van der Waals surface area contributed by atoms with Gasteiger partial charge in [0.05, 0.1) is 26.2 Å². The molecule has 144 valence electrons.